The third-order valence-corrected chi connectivity index (χ3v) is 4.40. The molecule has 3 rings (SSSR count). The number of carbonyl (C=O) groups is 1. The lowest BCUT2D eigenvalue weighted by Crippen LogP contribution is -2.13. The van der Waals surface area contributed by atoms with Crippen molar-refractivity contribution in [3.8, 4) is 23.3 Å². The maximum absolute atomic E-state index is 12.7. The summed E-state index contributed by atoms with van der Waals surface area (Å²) in [5.74, 6) is -0.962. The molecule has 158 valence electrons. The van der Waals surface area contributed by atoms with Crippen LogP contribution in [-0.4, -0.2) is 26.7 Å². The van der Waals surface area contributed by atoms with Crippen LogP contribution in [0, 0.1) is 11.3 Å². The zero-order chi connectivity index (χ0) is 22.4. The molecule has 0 aliphatic rings. The number of ether oxygens (including phenoxy) is 3. The fraction of sp³-hybridized carbons (Fsp3) is 0.130. The number of nitriles is 1. The molecule has 3 aromatic carbocycles. The lowest BCUT2D eigenvalue weighted by Gasteiger charge is -2.14. The lowest BCUT2D eigenvalue weighted by atomic mass is 10.1. The first kappa shape index (κ1) is 21.6. The summed E-state index contributed by atoms with van der Waals surface area (Å²) in [6, 6.07) is 17.5. The van der Waals surface area contributed by atoms with Crippen LogP contribution < -0.4 is 19.5 Å². The second kappa shape index (κ2) is 9.59. The van der Waals surface area contributed by atoms with Gasteiger partial charge in [-0.3, -0.25) is 4.79 Å². The van der Waals surface area contributed by atoms with E-state index >= 15 is 0 Å². The van der Waals surface area contributed by atoms with Crippen LogP contribution in [-0.2, 0) is 4.79 Å². The number of fused-ring (bicyclic) bond motifs is 1. The number of methoxy groups -OCH3 is 2. The molecule has 0 aliphatic carbocycles. The van der Waals surface area contributed by atoms with Crippen molar-refractivity contribution < 1.29 is 27.8 Å². The van der Waals surface area contributed by atoms with Crippen LogP contribution in [0.1, 0.15) is 5.56 Å². The number of nitrogens with one attached hydrogen (secondary N) is 1. The normalized spacial score (nSPS) is 11.2. The van der Waals surface area contributed by atoms with Gasteiger partial charge in [-0.15, -0.1) is 0 Å². The molecule has 0 aliphatic heterocycles. The highest BCUT2D eigenvalue weighted by Crippen LogP contribution is 2.40. The molecule has 0 saturated heterocycles. The number of halogens is 2. The molecular formula is C23H18F2N2O4. The maximum Gasteiger partial charge on any atom is 0.387 e. The van der Waals surface area contributed by atoms with E-state index in [1.54, 1.807) is 12.1 Å². The first-order valence-corrected chi connectivity index (χ1v) is 9.08. The van der Waals surface area contributed by atoms with Gasteiger partial charge in [0, 0.05) is 11.1 Å². The number of anilines is 1. The van der Waals surface area contributed by atoms with Crippen molar-refractivity contribution in [3.05, 3.63) is 65.7 Å². The van der Waals surface area contributed by atoms with Crippen LogP contribution in [0.25, 0.3) is 16.8 Å². The van der Waals surface area contributed by atoms with Crippen molar-refractivity contribution in [2.24, 2.45) is 0 Å². The number of hydrogen-bond donors (Lipinski definition) is 1. The number of amides is 1. The van der Waals surface area contributed by atoms with E-state index < -0.39 is 12.5 Å². The van der Waals surface area contributed by atoms with Gasteiger partial charge in [-0.25, -0.2) is 0 Å². The van der Waals surface area contributed by atoms with Crippen LogP contribution in [0.5, 0.6) is 17.2 Å². The van der Waals surface area contributed by atoms with Crippen molar-refractivity contribution in [2.45, 2.75) is 6.61 Å². The molecule has 0 saturated carbocycles. The topological polar surface area (TPSA) is 80.6 Å². The minimum absolute atomic E-state index is 0.0300. The van der Waals surface area contributed by atoms with Crippen LogP contribution >= 0.6 is 0 Å². The van der Waals surface area contributed by atoms with Crippen molar-refractivity contribution in [1.29, 1.82) is 5.26 Å². The predicted molar refractivity (Wildman–Crippen MR) is 112 cm³/mol. The third-order valence-electron chi connectivity index (χ3n) is 4.40. The first-order chi connectivity index (χ1) is 15.0. The summed E-state index contributed by atoms with van der Waals surface area (Å²) >= 11 is 0. The van der Waals surface area contributed by atoms with Gasteiger partial charge in [0.15, 0.2) is 11.5 Å². The Morgan fingerprint density at radius 1 is 1.06 bits per heavy atom. The van der Waals surface area contributed by atoms with Gasteiger partial charge < -0.3 is 19.5 Å². The average molecular weight is 424 g/mol. The summed E-state index contributed by atoms with van der Waals surface area (Å²) < 4.78 is 40.1. The molecule has 3 aromatic rings. The van der Waals surface area contributed by atoms with Gasteiger partial charge in [-0.2, -0.15) is 14.0 Å². The standard InChI is InChI=1S/C23H18F2N2O4/c1-29-19-11-14(12-20(30-2)21(19)31-23(24)25)10-16(13-26)22(28)27-18-9-5-7-15-6-3-4-8-17(15)18/h3-12,23H,1-2H3,(H,27,28)/b16-10+. The Morgan fingerprint density at radius 3 is 2.32 bits per heavy atom. The van der Waals surface area contributed by atoms with E-state index in [2.05, 4.69) is 10.1 Å². The molecule has 0 unspecified atom stereocenters. The second-order valence-electron chi connectivity index (χ2n) is 6.28. The highest BCUT2D eigenvalue weighted by atomic mass is 19.3. The number of nitrogens with zero attached hydrogens (tertiary/aromatic N) is 1. The fourth-order valence-electron chi connectivity index (χ4n) is 3.03. The zero-order valence-electron chi connectivity index (χ0n) is 16.7. The maximum atomic E-state index is 12.7. The van der Waals surface area contributed by atoms with Crippen LogP contribution in [0.3, 0.4) is 0 Å². The summed E-state index contributed by atoms with van der Waals surface area (Å²) in [7, 11) is 2.55. The minimum atomic E-state index is -3.08. The SMILES string of the molecule is COc1cc(/C=C(\C#N)C(=O)Nc2cccc3ccccc23)cc(OC)c1OC(F)F. The molecule has 0 aromatic heterocycles. The van der Waals surface area contributed by atoms with Crippen molar-refractivity contribution in [3.63, 3.8) is 0 Å². The van der Waals surface area contributed by atoms with E-state index in [9.17, 15) is 18.8 Å². The molecule has 6 nitrogen and oxygen atoms in total. The molecule has 8 heteroatoms. The number of hydrogen-bond acceptors (Lipinski definition) is 5. The molecule has 1 amide bonds. The largest absolute Gasteiger partial charge is 0.493 e. The monoisotopic (exact) mass is 424 g/mol. The summed E-state index contributed by atoms with van der Waals surface area (Å²) in [5, 5.41) is 14.0. The molecule has 0 heterocycles. The molecule has 0 radical (unpaired) electrons. The number of benzene rings is 3. The fourth-order valence-corrected chi connectivity index (χ4v) is 3.03. The second-order valence-corrected chi connectivity index (χ2v) is 6.28. The van der Waals surface area contributed by atoms with Gasteiger partial charge in [-0.05, 0) is 35.2 Å². The van der Waals surface area contributed by atoms with Gasteiger partial charge in [0.2, 0.25) is 5.75 Å². The van der Waals surface area contributed by atoms with Crippen molar-refractivity contribution in [1.82, 2.24) is 0 Å². The van der Waals surface area contributed by atoms with Crippen LogP contribution in [0.4, 0.5) is 14.5 Å². The van der Waals surface area contributed by atoms with Gasteiger partial charge in [-0.1, -0.05) is 36.4 Å². The van der Waals surface area contributed by atoms with E-state index in [1.807, 2.05) is 36.4 Å². The van der Waals surface area contributed by atoms with Gasteiger partial charge in [0.1, 0.15) is 11.6 Å². The number of carbonyl (C=O) groups excluding carboxylic acids is 1. The molecule has 31 heavy (non-hydrogen) atoms. The highest BCUT2D eigenvalue weighted by molar-refractivity contribution is 6.13. The van der Waals surface area contributed by atoms with E-state index in [0.29, 0.717) is 11.3 Å². The van der Waals surface area contributed by atoms with Gasteiger partial charge in [0.05, 0.1) is 14.2 Å². The van der Waals surface area contributed by atoms with E-state index in [1.165, 1.54) is 32.4 Å². The smallest absolute Gasteiger partial charge is 0.387 e. The van der Waals surface area contributed by atoms with Crippen LogP contribution in [0.15, 0.2) is 60.2 Å². The van der Waals surface area contributed by atoms with Gasteiger partial charge >= 0.3 is 6.61 Å². The molecule has 0 atom stereocenters. The predicted octanol–water partition coefficient (Wildman–Crippen LogP) is 5.00. The van der Waals surface area contributed by atoms with Crippen molar-refractivity contribution >= 4 is 28.4 Å². The van der Waals surface area contributed by atoms with Crippen LogP contribution in [0.2, 0.25) is 0 Å². The van der Waals surface area contributed by atoms with E-state index in [4.69, 9.17) is 9.47 Å². The molecule has 1 N–H and O–H groups in total. The molecule has 0 spiro atoms. The summed E-state index contributed by atoms with van der Waals surface area (Å²) in [6.45, 7) is -3.08. The number of rotatable bonds is 7. The third kappa shape index (κ3) is 4.90. The highest BCUT2D eigenvalue weighted by Gasteiger charge is 2.19. The summed E-state index contributed by atoms with van der Waals surface area (Å²) in [6.07, 6.45) is 1.30. The van der Waals surface area contributed by atoms with E-state index in [0.717, 1.165) is 10.8 Å². The Labute approximate surface area is 177 Å². The summed E-state index contributed by atoms with van der Waals surface area (Å²) in [4.78, 5) is 12.7. The Bertz CT molecular complexity index is 1160. The minimum Gasteiger partial charge on any atom is -0.493 e. The quantitative estimate of drug-likeness (QED) is 0.426. The van der Waals surface area contributed by atoms with Crippen molar-refractivity contribution in [2.75, 3.05) is 19.5 Å². The number of alkyl halides is 2. The molecular weight excluding hydrogens is 406 g/mol. The van der Waals surface area contributed by atoms with E-state index in [-0.39, 0.29) is 22.8 Å². The molecule has 0 fully saturated rings. The average Bonchev–Trinajstić information content (AvgIpc) is 2.77. The Morgan fingerprint density at radius 2 is 1.71 bits per heavy atom. The summed E-state index contributed by atoms with van der Waals surface area (Å²) in [5.41, 5.74) is 0.694. The lowest BCUT2D eigenvalue weighted by molar-refractivity contribution is -0.112. The Balaban J connectivity index is 1.95. The zero-order valence-corrected chi connectivity index (χ0v) is 16.7. The molecule has 0 bridgehead atoms. The van der Waals surface area contributed by atoms with Gasteiger partial charge in [0.25, 0.3) is 5.91 Å². The first-order valence-electron chi connectivity index (χ1n) is 9.08. The Hall–Kier alpha value is -4.12. The Kier molecular flexibility index (Phi) is 6.67.